The Bertz CT molecular complexity index is 883. The van der Waals surface area contributed by atoms with Gasteiger partial charge in [0.15, 0.2) is 0 Å². The van der Waals surface area contributed by atoms with E-state index in [0.717, 1.165) is 11.1 Å². The summed E-state index contributed by atoms with van der Waals surface area (Å²) in [4.78, 5) is 32.3. The summed E-state index contributed by atoms with van der Waals surface area (Å²) in [6.07, 6.45) is 0.416. The fraction of sp³-hybridized carbons (Fsp3) is 0.294. The highest BCUT2D eigenvalue weighted by molar-refractivity contribution is 6.30. The maximum atomic E-state index is 11.8. The molecule has 2 aromatic rings. The number of anilines is 2. The minimum atomic E-state index is -0.484. The van der Waals surface area contributed by atoms with Crippen molar-refractivity contribution in [1.82, 2.24) is 9.97 Å². The highest BCUT2D eigenvalue weighted by Gasteiger charge is 2.43. The van der Waals surface area contributed by atoms with Gasteiger partial charge in [-0.3, -0.25) is 14.5 Å². The fourth-order valence-corrected chi connectivity index (χ4v) is 3.15. The fourth-order valence-electron chi connectivity index (χ4n) is 2.86. The van der Waals surface area contributed by atoms with Crippen molar-refractivity contribution in [3.8, 4) is 0 Å². The number of carbonyl (C=O) groups is 2. The smallest absolute Gasteiger partial charge is 0.238 e. The summed E-state index contributed by atoms with van der Waals surface area (Å²) in [6, 6.07) is 7.07. The Labute approximate surface area is 155 Å². The first-order valence-electron chi connectivity index (χ1n) is 7.60. The highest BCUT2D eigenvalue weighted by atomic mass is 35.5. The lowest BCUT2D eigenvalue weighted by Gasteiger charge is -2.15. The molecule has 0 saturated heterocycles. The van der Waals surface area contributed by atoms with Gasteiger partial charge in [0, 0.05) is 18.2 Å². The molecule has 1 N–H and O–H groups in total. The maximum Gasteiger partial charge on any atom is 0.238 e. The molecule has 0 bridgehead atoms. The zero-order chi connectivity index (χ0) is 18.4. The van der Waals surface area contributed by atoms with Crippen LogP contribution in [0.3, 0.4) is 0 Å². The van der Waals surface area contributed by atoms with E-state index in [-0.39, 0.29) is 11.8 Å². The maximum absolute atomic E-state index is 11.8. The van der Waals surface area contributed by atoms with Gasteiger partial charge in [-0.2, -0.15) is 0 Å². The Morgan fingerprint density at radius 3 is 2.44 bits per heavy atom. The average molecular weight is 379 g/mol. The van der Waals surface area contributed by atoms with Crippen LogP contribution in [0.5, 0.6) is 0 Å². The third-order valence-electron chi connectivity index (χ3n) is 4.23. The number of hydrogen-bond acceptors (Lipinski definition) is 4. The molecule has 4 heterocycles. The molecule has 4 rings (SSSR count). The molecule has 0 saturated carbocycles. The van der Waals surface area contributed by atoms with Crippen LogP contribution in [0.2, 0.25) is 10.3 Å². The zero-order valence-corrected chi connectivity index (χ0v) is 15.4. The number of fused-ring (bicyclic) bond motifs is 2. The van der Waals surface area contributed by atoms with E-state index in [1.54, 1.807) is 24.1 Å². The van der Waals surface area contributed by atoms with Crippen LogP contribution in [0.15, 0.2) is 24.3 Å². The van der Waals surface area contributed by atoms with Gasteiger partial charge in [0.25, 0.3) is 0 Å². The van der Waals surface area contributed by atoms with Crippen LogP contribution in [-0.4, -0.2) is 28.8 Å². The summed E-state index contributed by atoms with van der Waals surface area (Å²) in [5.74, 6) is 1.31. The average Bonchev–Trinajstić information content (AvgIpc) is 2.99. The number of nitrogens with one attached hydrogen (secondary N) is 1. The zero-order valence-electron chi connectivity index (χ0n) is 13.9. The van der Waals surface area contributed by atoms with Crippen LogP contribution < -0.4 is 10.2 Å². The number of hydrogen-bond donors (Lipinski definition) is 1. The van der Waals surface area contributed by atoms with Gasteiger partial charge in [-0.15, -0.1) is 0 Å². The molecule has 0 aromatic carbocycles. The lowest BCUT2D eigenvalue weighted by molar-refractivity contribution is -0.121. The Hall–Kier alpha value is -2.18. The minimum Gasteiger partial charge on any atom is -0.310 e. The number of amides is 2. The van der Waals surface area contributed by atoms with Gasteiger partial charge >= 0.3 is 0 Å². The molecule has 0 aliphatic carbocycles. The van der Waals surface area contributed by atoms with Gasteiger partial charge in [0.1, 0.15) is 21.9 Å². The summed E-state index contributed by atoms with van der Waals surface area (Å²) in [5, 5.41) is 3.43. The van der Waals surface area contributed by atoms with E-state index in [1.165, 1.54) is 0 Å². The van der Waals surface area contributed by atoms with Crippen molar-refractivity contribution in [2.24, 2.45) is 0 Å². The molecule has 6 nitrogen and oxygen atoms in total. The normalized spacial score (nSPS) is 16.8. The van der Waals surface area contributed by atoms with E-state index in [2.05, 4.69) is 15.3 Å². The number of rotatable bonds is 0. The van der Waals surface area contributed by atoms with Crippen molar-refractivity contribution >= 4 is 46.7 Å². The number of carbonyl (C=O) groups excluding carboxylic acids is 2. The summed E-state index contributed by atoms with van der Waals surface area (Å²) >= 11 is 11.4. The number of nitrogens with zero attached hydrogens (tertiary/aromatic N) is 3. The van der Waals surface area contributed by atoms with E-state index in [9.17, 15) is 9.59 Å². The molecule has 2 aliphatic heterocycles. The molecular formula is C17H16Cl2N4O2. The molecule has 25 heavy (non-hydrogen) atoms. The second kappa shape index (κ2) is 6.28. The van der Waals surface area contributed by atoms with E-state index >= 15 is 0 Å². The first kappa shape index (κ1) is 17.6. The number of likely N-dealkylation sites (N-methyl/N-ethyl adjacent to an activating group) is 1. The largest absolute Gasteiger partial charge is 0.310 e. The van der Waals surface area contributed by atoms with E-state index < -0.39 is 5.41 Å². The van der Waals surface area contributed by atoms with Gasteiger partial charge in [-0.05, 0) is 26.0 Å². The number of pyridine rings is 2. The van der Waals surface area contributed by atoms with E-state index in [4.69, 9.17) is 23.2 Å². The first-order valence-corrected chi connectivity index (χ1v) is 8.36. The molecule has 0 fully saturated rings. The van der Waals surface area contributed by atoms with Crippen LogP contribution in [0.1, 0.15) is 25.0 Å². The summed E-state index contributed by atoms with van der Waals surface area (Å²) in [6.45, 7) is 3.79. The van der Waals surface area contributed by atoms with Gasteiger partial charge in [-0.1, -0.05) is 35.3 Å². The third kappa shape index (κ3) is 3.19. The second-order valence-electron chi connectivity index (χ2n) is 6.36. The predicted molar refractivity (Wildman–Crippen MR) is 97.3 cm³/mol. The van der Waals surface area contributed by atoms with Crippen molar-refractivity contribution < 1.29 is 9.59 Å². The second-order valence-corrected chi connectivity index (χ2v) is 7.14. The lowest BCUT2D eigenvalue weighted by atomic mass is 9.87. The summed E-state index contributed by atoms with van der Waals surface area (Å²) < 4.78 is 0. The predicted octanol–water partition coefficient (Wildman–Crippen LogP) is 3.22. The SMILES string of the molecule is CN1C(=O)C(C)(C)c2ccc(Cl)nc21.O=C1Cc2ccc(Cl)nc2N1. The van der Waals surface area contributed by atoms with Crippen molar-refractivity contribution in [3.63, 3.8) is 0 Å². The standard InChI is InChI=1S/C10H11ClN2O.C7H5ClN2O/c1-10(2)6-4-5-7(11)12-8(6)13(3)9(10)14;8-5-2-1-4-3-6(11)10-7(4)9-5/h4-5H,1-3H3;1-2H,3H2,(H,9,10,11). The topological polar surface area (TPSA) is 75.2 Å². The van der Waals surface area contributed by atoms with Crippen LogP contribution in [0, 0.1) is 0 Å². The van der Waals surface area contributed by atoms with Crippen molar-refractivity contribution in [3.05, 3.63) is 45.7 Å². The van der Waals surface area contributed by atoms with Crippen molar-refractivity contribution in [1.29, 1.82) is 0 Å². The first-order chi connectivity index (χ1) is 11.7. The van der Waals surface area contributed by atoms with Crippen LogP contribution in [0.25, 0.3) is 0 Å². The Balaban J connectivity index is 0.000000150. The summed E-state index contributed by atoms with van der Waals surface area (Å²) in [7, 11) is 1.72. The van der Waals surface area contributed by atoms with Crippen LogP contribution in [-0.2, 0) is 21.4 Å². The van der Waals surface area contributed by atoms with Crippen molar-refractivity contribution in [2.75, 3.05) is 17.3 Å². The third-order valence-corrected chi connectivity index (χ3v) is 4.65. The lowest BCUT2D eigenvalue weighted by Crippen LogP contribution is -2.33. The highest BCUT2D eigenvalue weighted by Crippen LogP contribution is 2.39. The van der Waals surface area contributed by atoms with Gasteiger partial charge < -0.3 is 5.32 Å². The Morgan fingerprint density at radius 1 is 1.08 bits per heavy atom. The van der Waals surface area contributed by atoms with E-state index in [1.807, 2.05) is 26.0 Å². The molecular weight excluding hydrogens is 363 g/mol. The molecule has 2 amide bonds. The molecule has 0 radical (unpaired) electrons. The van der Waals surface area contributed by atoms with E-state index in [0.29, 0.717) is 28.4 Å². The molecule has 2 aromatic heterocycles. The van der Waals surface area contributed by atoms with Crippen LogP contribution >= 0.6 is 23.2 Å². The quantitative estimate of drug-likeness (QED) is 0.714. The molecule has 8 heteroatoms. The van der Waals surface area contributed by atoms with Gasteiger partial charge in [0.2, 0.25) is 11.8 Å². The van der Waals surface area contributed by atoms with Crippen molar-refractivity contribution in [2.45, 2.75) is 25.7 Å². The molecule has 130 valence electrons. The Kier molecular flexibility index (Phi) is 4.43. The Morgan fingerprint density at radius 2 is 1.72 bits per heavy atom. The molecule has 0 spiro atoms. The van der Waals surface area contributed by atoms with Gasteiger partial charge in [0.05, 0.1) is 11.8 Å². The van der Waals surface area contributed by atoms with Crippen LogP contribution in [0.4, 0.5) is 11.6 Å². The van der Waals surface area contributed by atoms with Gasteiger partial charge in [-0.25, -0.2) is 9.97 Å². The summed E-state index contributed by atoms with van der Waals surface area (Å²) in [5.41, 5.74) is 1.37. The minimum absolute atomic E-state index is 0.0187. The number of halogens is 2. The monoisotopic (exact) mass is 378 g/mol. The molecule has 2 aliphatic rings. The molecule has 0 atom stereocenters. The number of aromatic nitrogens is 2. The molecule has 0 unspecified atom stereocenters.